The van der Waals surface area contributed by atoms with Gasteiger partial charge >= 0.3 is 0 Å². The van der Waals surface area contributed by atoms with E-state index in [4.69, 9.17) is 11.6 Å². The van der Waals surface area contributed by atoms with E-state index in [1.807, 2.05) is 28.9 Å². The first-order valence-electron chi connectivity index (χ1n) is 8.83. The van der Waals surface area contributed by atoms with E-state index in [0.717, 1.165) is 30.6 Å². The Hall–Kier alpha value is -2.07. The van der Waals surface area contributed by atoms with E-state index in [1.165, 1.54) is 0 Å². The minimum atomic E-state index is -0.0495. The molecule has 0 aliphatic heterocycles. The molecule has 1 N–H and O–H groups in total. The van der Waals surface area contributed by atoms with Crippen LogP contribution in [0.5, 0.6) is 0 Å². The Balaban J connectivity index is 1.81. The number of hydrogen-bond donors (Lipinski definition) is 1. The molecule has 5 heteroatoms. The highest BCUT2D eigenvalue weighted by Gasteiger charge is 2.21. The topological polar surface area (TPSA) is 46.9 Å². The molecule has 0 fully saturated rings. The summed E-state index contributed by atoms with van der Waals surface area (Å²) < 4.78 is 1.81. The van der Waals surface area contributed by atoms with Crippen molar-refractivity contribution in [2.24, 2.45) is 5.92 Å². The fraction of sp³-hybridized carbons (Fsp3) is 0.400. The number of amides is 1. The van der Waals surface area contributed by atoms with E-state index in [0.29, 0.717) is 23.0 Å². The predicted octanol–water partition coefficient (Wildman–Crippen LogP) is 4.74. The van der Waals surface area contributed by atoms with Crippen LogP contribution in [0, 0.1) is 5.92 Å². The molecule has 1 aliphatic rings. The van der Waals surface area contributed by atoms with E-state index in [1.54, 1.807) is 6.20 Å². The summed E-state index contributed by atoms with van der Waals surface area (Å²) in [6, 6.07) is 7.52. The summed E-state index contributed by atoms with van der Waals surface area (Å²) in [5.41, 5.74) is 2.41. The van der Waals surface area contributed by atoms with E-state index < -0.39 is 0 Å². The number of benzene rings is 1. The quantitative estimate of drug-likeness (QED) is 0.786. The first-order valence-corrected chi connectivity index (χ1v) is 9.21. The van der Waals surface area contributed by atoms with Crippen molar-refractivity contribution in [2.75, 3.05) is 6.54 Å². The van der Waals surface area contributed by atoms with Gasteiger partial charge < -0.3 is 5.32 Å². The lowest BCUT2D eigenvalue weighted by Gasteiger charge is -2.18. The normalized spacial score (nSPS) is 17.0. The van der Waals surface area contributed by atoms with Gasteiger partial charge in [-0.05, 0) is 49.3 Å². The van der Waals surface area contributed by atoms with Gasteiger partial charge in [-0.15, -0.1) is 0 Å². The Morgan fingerprint density at radius 3 is 2.92 bits per heavy atom. The zero-order chi connectivity index (χ0) is 17.8. The van der Waals surface area contributed by atoms with Gasteiger partial charge in [0, 0.05) is 11.6 Å². The summed E-state index contributed by atoms with van der Waals surface area (Å²) in [6.45, 7) is 4.85. The van der Waals surface area contributed by atoms with Crippen LogP contribution in [0.4, 0.5) is 0 Å². The highest BCUT2D eigenvalue weighted by Crippen LogP contribution is 2.25. The van der Waals surface area contributed by atoms with Crippen molar-refractivity contribution in [1.29, 1.82) is 0 Å². The second kappa shape index (κ2) is 7.87. The first kappa shape index (κ1) is 17.7. The molecule has 3 rings (SSSR count). The highest BCUT2D eigenvalue weighted by atomic mass is 35.5. The second-order valence-corrected chi connectivity index (χ2v) is 7.29. The summed E-state index contributed by atoms with van der Waals surface area (Å²) in [4.78, 5) is 12.7. The molecule has 0 spiro atoms. The average Bonchev–Trinajstić information content (AvgIpc) is 3.06. The lowest BCUT2D eigenvalue weighted by molar-refractivity contribution is 0.0945. The molecule has 1 heterocycles. The Morgan fingerprint density at radius 2 is 2.24 bits per heavy atom. The molecule has 0 bridgehead atoms. The van der Waals surface area contributed by atoms with Crippen molar-refractivity contribution >= 4 is 17.5 Å². The Morgan fingerprint density at radius 1 is 1.40 bits per heavy atom. The molecule has 0 radical (unpaired) electrons. The third-order valence-electron chi connectivity index (χ3n) is 4.58. The van der Waals surface area contributed by atoms with Gasteiger partial charge in [0.1, 0.15) is 0 Å². The molecule has 0 saturated carbocycles. The van der Waals surface area contributed by atoms with Gasteiger partial charge in [0.15, 0.2) is 0 Å². The Bertz CT molecular complexity index is 779. The van der Waals surface area contributed by atoms with Crippen LogP contribution >= 0.6 is 11.6 Å². The van der Waals surface area contributed by atoms with Crippen molar-refractivity contribution in [3.63, 3.8) is 0 Å². The predicted molar refractivity (Wildman–Crippen MR) is 101 cm³/mol. The van der Waals surface area contributed by atoms with Crippen molar-refractivity contribution in [3.8, 4) is 5.69 Å². The summed E-state index contributed by atoms with van der Waals surface area (Å²) in [6.07, 6.45) is 9.35. The average molecular weight is 358 g/mol. The maximum absolute atomic E-state index is 12.7. The zero-order valence-corrected chi connectivity index (χ0v) is 15.5. The fourth-order valence-corrected chi connectivity index (χ4v) is 3.46. The van der Waals surface area contributed by atoms with Crippen molar-refractivity contribution in [3.05, 3.63) is 58.9 Å². The van der Waals surface area contributed by atoms with Crippen LogP contribution in [-0.2, 0) is 0 Å². The number of hydrogen-bond acceptors (Lipinski definition) is 2. The van der Waals surface area contributed by atoms with Crippen LogP contribution in [0.25, 0.3) is 5.69 Å². The van der Waals surface area contributed by atoms with Gasteiger partial charge in [0.25, 0.3) is 5.91 Å². The minimum Gasteiger partial charge on any atom is -0.352 e. The van der Waals surface area contributed by atoms with E-state index in [2.05, 4.69) is 36.4 Å². The van der Waals surface area contributed by atoms with E-state index >= 15 is 0 Å². The summed E-state index contributed by atoms with van der Waals surface area (Å²) >= 11 is 6.11. The number of nitrogens with zero attached hydrogens (tertiary/aromatic N) is 2. The maximum Gasteiger partial charge on any atom is 0.254 e. The minimum absolute atomic E-state index is 0.0495. The lowest BCUT2D eigenvalue weighted by Crippen LogP contribution is -2.30. The van der Waals surface area contributed by atoms with Crippen LogP contribution < -0.4 is 5.32 Å². The van der Waals surface area contributed by atoms with Gasteiger partial charge in [-0.2, -0.15) is 5.10 Å². The Labute approximate surface area is 153 Å². The highest BCUT2D eigenvalue weighted by molar-refractivity contribution is 6.30. The number of halogens is 1. The molecule has 1 aromatic carbocycles. The van der Waals surface area contributed by atoms with Gasteiger partial charge in [-0.25, -0.2) is 4.68 Å². The van der Waals surface area contributed by atoms with Gasteiger partial charge in [0.2, 0.25) is 0 Å². The summed E-state index contributed by atoms with van der Waals surface area (Å²) in [5, 5.41) is 8.19. The zero-order valence-electron chi connectivity index (χ0n) is 14.7. The van der Waals surface area contributed by atoms with Crippen LogP contribution in [0.3, 0.4) is 0 Å². The van der Waals surface area contributed by atoms with E-state index in [9.17, 15) is 4.79 Å². The molecule has 2 aromatic rings. The molecule has 1 atom stereocenters. The van der Waals surface area contributed by atoms with Crippen LogP contribution in [0.2, 0.25) is 5.02 Å². The van der Waals surface area contributed by atoms with Crippen molar-refractivity contribution in [1.82, 2.24) is 15.1 Å². The molecule has 4 nitrogen and oxygen atoms in total. The number of carbonyl (C=O) groups is 1. The fourth-order valence-electron chi connectivity index (χ4n) is 3.28. The van der Waals surface area contributed by atoms with Crippen LogP contribution in [-0.4, -0.2) is 22.2 Å². The summed E-state index contributed by atoms with van der Waals surface area (Å²) in [5.74, 6) is 0.644. The third-order valence-corrected chi connectivity index (χ3v) is 4.81. The standard InChI is InChI=1S/C20H24ClN3O/c1-14(2)19-18(20(25)22-12-15-7-4-3-5-8-15)13-23-24(19)17-10-6-9-16(21)11-17/h3-4,6,9-11,13-15H,5,7-8,12H2,1-2H3,(H,22,25). The number of allylic oxidation sites excluding steroid dienone is 2. The van der Waals surface area contributed by atoms with Crippen molar-refractivity contribution < 1.29 is 4.79 Å². The molecule has 0 saturated heterocycles. The van der Waals surface area contributed by atoms with Crippen LogP contribution in [0.15, 0.2) is 42.6 Å². The SMILES string of the molecule is CC(C)c1c(C(=O)NCC2CC=CCC2)cnn1-c1cccc(Cl)c1. The molecule has 1 amide bonds. The molecule has 25 heavy (non-hydrogen) atoms. The van der Waals surface area contributed by atoms with Gasteiger partial charge in [-0.1, -0.05) is 43.7 Å². The number of carbonyl (C=O) groups excluding carboxylic acids is 1. The smallest absolute Gasteiger partial charge is 0.254 e. The third kappa shape index (κ3) is 4.13. The summed E-state index contributed by atoms with van der Waals surface area (Å²) in [7, 11) is 0. The van der Waals surface area contributed by atoms with Gasteiger partial charge in [-0.3, -0.25) is 4.79 Å². The molecular weight excluding hydrogens is 334 g/mol. The van der Waals surface area contributed by atoms with E-state index in [-0.39, 0.29) is 11.8 Å². The Kier molecular flexibility index (Phi) is 5.59. The monoisotopic (exact) mass is 357 g/mol. The largest absolute Gasteiger partial charge is 0.352 e. The number of rotatable bonds is 5. The first-order chi connectivity index (χ1) is 12.1. The molecule has 132 valence electrons. The molecule has 1 unspecified atom stereocenters. The lowest BCUT2D eigenvalue weighted by atomic mass is 9.94. The van der Waals surface area contributed by atoms with Gasteiger partial charge in [0.05, 0.1) is 23.1 Å². The molecular formula is C20H24ClN3O. The molecule has 1 aliphatic carbocycles. The maximum atomic E-state index is 12.7. The number of nitrogens with one attached hydrogen (secondary N) is 1. The second-order valence-electron chi connectivity index (χ2n) is 6.85. The van der Waals surface area contributed by atoms with Crippen molar-refractivity contribution in [2.45, 2.75) is 39.0 Å². The number of aromatic nitrogens is 2. The van der Waals surface area contributed by atoms with Crippen LogP contribution in [0.1, 0.15) is 55.1 Å². The molecule has 1 aromatic heterocycles.